The number of methoxy groups -OCH3 is 1. The first-order chi connectivity index (χ1) is 16.5. The highest BCUT2D eigenvalue weighted by Crippen LogP contribution is 2.25. The average Bonchev–Trinajstić information content (AvgIpc) is 3.23. The number of halogens is 1. The van der Waals surface area contributed by atoms with Gasteiger partial charge < -0.3 is 24.8 Å². The van der Waals surface area contributed by atoms with Crippen LogP contribution in [0.1, 0.15) is 35.2 Å². The molecule has 1 aliphatic rings. The van der Waals surface area contributed by atoms with Gasteiger partial charge in [-0.2, -0.15) is 0 Å². The van der Waals surface area contributed by atoms with Crippen molar-refractivity contribution < 1.29 is 18.7 Å². The van der Waals surface area contributed by atoms with E-state index < -0.39 is 0 Å². The highest BCUT2D eigenvalue weighted by molar-refractivity contribution is 6.07. The third kappa shape index (κ3) is 5.98. The minimum Gasteiger partial charge on any atom is -0.375 e. The molecule has 0 unspecified atom stereocenters. The number of benzene rings is 2. The van der Waals surface area contributed by atoms with Crippen molar-refractivity contribution in [3.63, 3.8) is 0 Å². The number of imidazole rings is 1. The van der Waals surface area contributed by atoms with Crippen molar-refractivity contribution in [3.05, 3.63) is 59.7 Å². The number of carbonyl (C=O) groups excluding carboxylic acids is 2. The summed E-state index contributed by atoms with van der Waals surface area (Å²) in [5, 5.41) is 5.78. The maximum atomic E-state index is 13.3. The number of aromatic nitrogens is 2. The zero-order valence-corrected chi connectivity index (χ0v) is 19.3. The number of anilines is 1. The van der Waals surface area contributed by atoms with Gasteiger partial charge in [-0.1, -0.05) is 18.6 Å². The number of carbonyl (C=O) groups is 2. The van der Waals surface area contributed by atoms with Gasteiger partial charge in [-0.25, -0.2) is 9.37 Å². The van der Waals surface area contributed by atoms with Crippen molar-refractivity contribution in [1.29, 1.82) is 0 Å². The van der Waals surface area contributed by atoms with E-state index in [0.717, 1.165) is 25.2 Å². The highest BCUT2D eigenvalue weighted by Gasteiger charge is 2.18. The number of piperidine rings is 1. The maximum absolute atomic E-state index is 13.3. The Bertz CT molecular complexity index is 1140. The van der Waals surface area contributed by atoms with Crippen LogP contribution in [-0.2, 0) is 16.1 Å². The van der Waals surface area contributed by atoms with Crippen LogP contribution in [0.15, 0.2) is 42.7 Å². The monoisotopic (exact) mass is 467 g/mol. The lowest BCUT2D eigenvalue weighted by Crippen LogP contribution is -2.37. The van der Waals surface area contributed by atoms with Crippen LogP contribution in [0.4, 0.5) is 10.1 Å². The molecule has 9 heteroatoms. The first-order valence-corrected chi connectivity index (χ1v) is 11.6. The number of nitrogens with zero attached hydrogens (tertiary/aromatic N) is 3. The van der Waals surface area contributed by atoms with E-state index in [4.69, 9.17) is 4.74 Å². The zero-order chi connectivity index (χ0) is 23.9. The molecule has 1 aliphatic heterocycles. The summed E-state index contributed by atoms with van der Waals surface area (Å²) >= 11 is 0. The molecule has 3 aromatic rings. The van der Waals surface area contributed by atoms with Gasteiger partial charge in [0, 0.05) is 32.4 Å². The van der Waals surface area contributed by atoms with Gasteiger partial charge in [0.1, 0.15) is 12.4 Å². The lowest BCUT2D eigenvalue weighted by atomic mass is 10.1. The summed E-state index contributed by atoms with van der Waals surface area (Å²) in [6.45, 7) is 3.80. The molecule has 2 amide bonds. The lowest BCUT2D eigenvalue weighted by molar-refractivity contribution is -0.119. The Labute approximate surface area is 198 Å². The van der Waals surface area contributed by atoms with E-state index in [1.54, 1.807) is 30.6 Å². The van der Waals surface area contributed by atoms with Crippen molar-refractivity contribution in [2.24, 2.45) is 0 Å². The van der Waals surface area contributed by atoms with Crippen LogP contribution in [0.5, 0.6) is 0 Å². The fourth-order valence-electron chi connectivity index (χ4n) is 4.29. The Morgan fingerprint density at radius 1 is 1.12 bits per heavy atom. The van der Waals surface area contributed by atoms with Crippen LogP contribution >= 0.6 is 0 Å². The van der Waals surface area contributed by atoms with Crippen molar-refractivity contribution in [1.82, 2.24) is 19.8 Å². The van der Waals surface area contributed by atoms with E-state index in [9.17, 15) is 14.0 Å². The molecule has 1 saturated heterocycles. The number of likely N-dealkylation sites (tertiary alicyclic amines) is 1. The van der Waals surface area contributed by atoms with Gasteiger partial charge in [0.05, 0.1) is 22.9 Å². The summed E-state index contributed by atoms with van der Waals surface area (Å²) < 4.78 is 20.1. The quantitative estimate of drug-likeness (QED) is 0.505. The number of rotatable bonds is 9. The molecule has 0 radical (unpaired) electrons. The number of nitrogens with one attached hydrogen (secondary N) is 2. The molecular weight excluding hydrogens is 437 g/mol. The summed E-state index contributed by atoms with van der Waals surface area (Å²) in [7, 11) is 1.45. The molecule has 1 aromatic heterocycles. The first-order valence-electron chi connectivity index (χ1n) is 11.6. The van der Waals surface area contributed by atoms with E-state index in [0.29, 0.717) is 35.4 Å². The Morgan fingerprint density at radius 3 is 2.62 bits per heavy atom. The highest BCUT2D eigenvalue weighted by atomic mass is 19.1. The minimum atomic E-state index is -0.316. The van der Waals surface area contributed by atoms with Crippen LogP contribution in [0.3, 0.4) is 0 Å². The first kappa shape index (κ1) is 23.8. The van der Waals surface area contributed by atoms with Gasteiger partial charge in [-0.15, -0.1) is 0 Å². The number of fused-ring (bicyclic) bond motifs is 1. The van der Waals surface area contributed by atoms with Crippen LogP contribution < -0.4 is 10.6 Å². The smallest absolute Gasteiger partial charge is 0.253 e. The molecule has 0 atom stereocenters. The summed E-state index contributed by atoms with van der Waals surface area (Å²) in [5.41, 5.74) is 3.02. The van der Waals surface area contributed by atoms with Gasteiger partial charge in [-0.3, -0.25) is 9.59 Å². The van der Waals surface area contributed by atoms with Crippen LogP contribution in [0.2, 0.25) is 0 Å². The number of hydrogen-bond acceptors (Lipinski definition) is 5. The summed E-state index contributed by atoms with van der Waals surface area (Å²) in [4.78, 5) is 32.1. The average molecular weight is 468 g/mol. The second-order valence-electron chi connectivity index (χ2n) is 8.53. The Hall–Kier alpha value is -3.30. The molecule has 2 heterocycles. The Balaban J connectivity index is 1.59. The third-order valence-corrected chi connectivity index (χ3v) is 5.95. The van der Waals surface area contributed by atoms with E-state index >= 15 is 0 Å². The lowest BCUT2D eigenvalue weighted by Gasteiger charge is -2.26. The zero-order valence-electron chi connectivity index (χ0n) is 19.3. The third-order valence-electron chi connectivity index (χ3n) is 5.95. The van der Waals surface area contributed by atoms with Crippen molar-refractivity contribution in [2.45, 2.75) is 25.8 Å². The predicted octanol–water partition coefficient (Wildman–Crippen LogP) is 3.02. The van der Waals surface area contributed by atoms with Crippen LogP contribution in [-0.4, -0.2) is 66.2 Å². The largest absolute Gasteiger partial charge is 0.375 e. The SMILES string of the molecule is COCC(=O)Nc1cc(C(=O)NCCN2CCCCC2)c2c(c1)ncn2Cc1ccc(F)cc1. The van der Waals surface area contributed by atoms with E-state index in [-0.39, 0.29) is 24.2 Å². The molecule has 2 aromatic carbocycles. The standard InChI is InChI=1S/C25H30FN5O3/c1-34-16-23(32)29-20-13-21(25(33)27-9-12-30-10-3-2-4-11-30)24-22(14-20)28-17-31(24)15-18-5-7-19(26)8-6-18/h5-8,13-14,17H,2-4,9-12,15-16H2,1H3,(H,27,33)(H,29,32). The number of amides is 2. The maximum Gasteiger partial charge on any atom is 0.253 e. The van der Waals surface area contributed by atoms with Crippen LogP contribution in [0, 0.1) is 5.82 Å². The topological polar surface area (TPSA) is 88.5 Å². The summed E-state index contributed by atoms with van der Waals surface area (Å²) in [6, 6.07) is 9.62. The molecule has 0 spiro atoms. The summed E-state index contributed by atoms with van der Waals surface area (Å²) in [6.07, 6.45) is 5.31. The van der Waals surface area contributed by atoms with E-state index in [1.807, 2.05) is 4.57 Å². The van der Waals surface area contributed by atoms with Gasteiger partial charge in [0.15, 0.2) is 0 Å². The second kappa shape index (κ2) is 11.2. The molecule has 0 saturated carbocycles. The Kier molecular flexibility index (Phi) is 7.87. The molecule has 1 fully saturated rings. The van der Waals surface area contributed by atoms with Crippen molar-refractivity contribution >= 4 is 28.5 Å². The summed E-state index contributed by atoms with van der Waals surface area (Å²) in [5.74, 6) is -0.848. The Morgan fingerprint density at radius 2 is 1.88 bits per heavy atom. The fraction of sp³-hybridized carbons (Fsp3) is 0.400. The predicted molar refractivity (Wildman–Crippen MR) is 128 cm³/mol. The van der Waals surface area contributed by atoms with E-state index in [1.165, 1.54) is 38.5 Å². The minimum absolute atomic E-state index is 0.0889. The van der Waals surface area contributed by atoms with Crippen LogP contribution in [0.25, 0.3) is 11.0 Å². The molecule has 8 nitrogen and oxygen atoms in total. The number of ether oxygens (including phenoxy) is 1. The fourth-order valence-corrected chi connectivity index (χ4v) is 4.29. The van der Waals surface area contributed by atoms with Gasteiger partial charge >= 0.3 is 0 Å². The van der Waals surface area contributed by atoms with Crippen molar-refractivity contribution in [2.75, 3.05) is 45.2 Å². The molecule has 34 heavy (non-hydrogen) atoms. The molecule has 2 N–H and O–H groups in total. The van der Waals surface area contributed by atoms with Gasteiger partial charge in [0.25, 0.3) is 5.91 Å². The number of hydrogen-bond donors (Lipinski definition) is 2. The molecule has 0 aliphatic carbocycles. The van der Waals surface area contributed by atoms with E-state index in [2.05, 4.69) is 20.5 Å². The van der Waals surface area contributed by atoms with Crippen molar-refractivity contribution in [3.8, 4) is 0 Å². The van der Waals surface area contributed by atoms with Gasteiger partial charge in [0.2, 0.25) is 5.91 Å². The van der Waals surface area contributed by atoms with Gasteiger partial charge in [-0.05, 0) is 55.8 Å². The molecule has 4 rings (SSSR count). The molecular formula is C25H30FN5O3. The second-order valence-corrected chi connectivity index (χ2v) is 8.53. The molecule has 0 bridgehead atoms. The normalized spacial score (nSPS) is 14.3. The molecule has 180 valence electrons.